The highest BCUT2D eigenvalue weighted by Gasteiger charge is 2.60. The Hall–Kier alpha value is -4.50. The molecule has 0 aliphatic carbocycles. The van der Waals surface area contributed by atoms with E-state index in [4.69, 9.17) is 25.5 Å². The summed E-state index contributed by atoms with van der Waals surface area (Å²) in [6.45, 7) is 11.2. The third kappa shape index (κ3) is 7.88. The maximum atomic E-state index is 13.6. The Morgan fingerprint density at radius 2 is 1.88 bits per heavy atom. The zero-order chi connectivity index (χ0) is 35.2. The molecule has 5 rings (SSSR count). The highest BCUT2D eigenvalue weighted by molar-refractivity contribution is 7.94. The predicted octanol–water partition coefficient (Wildman–Crippen LogP) is 6.16. The van der Waals surface area contributed by atoms with Gasteiger partial charge in [0.25, 0.3) is 5.91 Å². The molecule has 0 bridgehead atoms. The van der Waals surface area contributed by atoms with Crippen LogP contribution in [0.4, 0.5) is 5.82 Å². The SMILES string of the molecule is C=[P+](C)[Si](OCCOCC(Oc1ncnc2c1cnn2-c1cc(C#N)ccc1C)C(=O)Nc1ccc(Cl)cn1)(c1ccccc1)C(C)(C)C. The lowest BCUT2D eigenvalue weighted by atomic mass is 10.1. The molecule has 3 heterocycles. The summed E-state index contributed by atoms with van der Waals surface area (Å²) in [4.78, 5) is 26.5. The quantitative estimate of drug-likeness (QED) is 0.0864. The lowest BCUT2D eigenvalue weighted by Gasteiger charge is -2.34. The van der Waals surface area contributed by atoms with Crippen molar-refractivity contribution in [2.24, 2.45) is 0 Å². The van der Waals surface area contributed by atoms with Crippen LogP contribution in [0.15, 0.2) is 79.4 Å². The van der Waals surface area contributed by atoms with Crippen molar-refractivity contribution in [2.45, 2.75) is 38.8 Å². The minimum Gasteiger partial charge on any atom is -0.461 e. The number of benzene rings is 2. The highest BCUT2D eigenvalue weighted by Crippen LogP contribution is 2.49. The van der Waals surface area contributed by atoms with Crippen LogP contribution in [0, 0.1) is 18.3 Å². The average Bonchev–Trinajstić information content (AvgIpc) is 3.51. The maximum Gasteiger partial charge on any atom is 0.467 e. The highest BCUT2D eigenvalue weighted by atomic mass is 35.5. The fraction of sp³-hybridized carbons (Fsp3) is 0.286. The number of hydrogen-bond donors (Lipinski definition) is 1. The standard InChI is InChI=1S/C35H37ClN7O4PSi/c1-24-12-13-25(19-37)18-29(24)43-32-28(21-41-43)34(40-23-39-32)47-30(33(44)42-31-15-14-26(36)20-38-31)22-45-16-17-46-49(48(5)6,35(2,3)4)27-10-8-7-9-11-27/h7-15,18,20-21,23,30H,5,16-17,22H2,1-4,6H3/p+1. The van der Waals surface area contributed by atoms with Gasteiger partial charge >= 0.3 is 7.98 Å². The summed E-state index contributed by atoms with van der Waals surface area (Å²) >= 11 is 5.99. The third-order valence-electron chi connectivity index (χ3n) is 7.95. The molecule has 0 aliphatic rings. The molecule has 5 aromatic rings. The number of ether oxygens (including phenoxy) is 2. The molecule has 0 spiro atoms. The zero-order valence-corrected chi connectivity index (χ0v) is 30.7. The Labute approximate surface area is 292 Å². The van der Waals surface area contributed by atoms with Crippen LogP contribution >= 0.6 is 18.7 Å². The van der Waals surface area contributed by atoms with E-state index in [0.717, 1.165) is 5.56 Å². The lowest BCUT2D eigenvalue weighted by molar-refractivity contribution is -0.125. The predicted molar refractivity (Wildman–Crippen MR) is 197 cm³/mol. The first kappa shape index (κ1) is 35.8. The smallest absolute Gasteiger partial charge is 0.461 e. The number of aryl methyl sites for hydroxylation is 1. The molecule has 3 unspecified atom stereocenters. The number of amides is 1. The van der Waals surface area contributed by atoms with E-state index < -0.39 is 27.1 Å². The number of rotatable bonds is 13. The third-order valence-corrected chi connectivity index (χ3v) is 19.4. The van der Waals surface area contributed by atoms with E-state index in [9.17, 15) is 10.1 Å². The van der Waals surface area contributed by atoms with Gasteiger partial charge < -0.3 is 19.2 Å². The molecule has 2 aromatic carbocycles. The summed E-state index contributed by atoms with van der Waals surface area (Å²) < 4.78 is 20.7. The second-order valence-corrected chi connectivity index (χ2v) is 22.1. The van der Waals surface area contributed by atoms with Crippen molar-refractivity contribution in [2.75, 3.05) is 31.8 Å². The molecule has 1 N–H and O–H groups in total. The molecule has 252 valence electrons. The summed E-state index contributed by atoms with van der Waals surface area (Å²) in [5.74, 6) is -0.0493. The molecule has 14 heteroatoms. The summed E-state index contributed by atoms with van der Waals surface area (Å²) in [6.07, 6.45) is 7.71. The van der Waals surface area contributed by atoms with Gasteiger partial charge in [-0.2, -0.15) is 10.4 Å². The molecule has 49 heavy (non-hydrogen) atoms. The molecule has 3 aromatic heterocycles. The van der Waals surface area contributed by atoms with Crippen molar-refractivity contribution in [3.63, 3.8) is 0 Å². The number of anilines is 1. The van der Waals surface area contributed by atoms with Gasteiger partial charge in [0.2, 0.25) is 12.0 Å². The number of hydrogen-bond acceptors (Lipinski definition) is 9. The van der Waals surface area contributed by atoms with E-state index in [1.807, 2.05) is 31.2 Å². The van der Waals surface area contributed by atoms with E-state index in [2.05, 4.69) is 77.3 Å². The van der Waals surface area contributed by atoms with Gasteiger partial charge in [-0.1, -0.05) is 68.8 Å². The molecule has 1 amide bonds. The maximum absolute atomic E-state index is 13.6. The van der Waals surface area contributed by atoms with E-state index in [1.54, 1.807) is 35.1 Å². The van der Waals surface area contributed by atoms with Gasteiger partial charge in [0.05, 0.1) is 68.4 Å². The van der Waals surface area contributed by atoms with Gasteiger partial charge in [-0.15, -0.1) is 0 Å². The van der Waals surface area contributed by atoms with Crippen LogP contribution in [0.25, 0.3) is 16.7 Å². The number of nitrogens with zero attached hydrogens (tertiary/aromatic N) is 6. The van der Waals surface area contributed by atoms with Gasteiger partial charge in [-0.05, 0) is 36.8 Å². The minimum atomic E-state index is -2.53. The van der Waals surface area contributed by atoms with Crippen LogP contribution in [-0.2, 0) is 14.0 Å². The van der Waals surface area contributed by atoms with Gasteiger partial charge in [0, 0.05) is 16.4 Å². The van der Waals surface area contributed by atoms with Gasteiger partial charge in [0.1, 0.15) is 17.5 Å². The monoisotopic (exact) mass is 714 g/mol. The average molecular weight is 715 g/mol. The van der Waals surface area contributed by atoms with Crippen LogP contribution < -0.4 is 15.2 Å². The normalized spacial score (nSPS) is 13.7. The topological polar surface area (TPSA) is 137 Å². The molecular formula is C35H38ClN7O4PSi+. The number of pyridine rings is 1. The summed E-state index contributed by atoms with van der Waals surface area (Å²) in [5.41, 5.74) is 2.52. The first-order valence-corrected chi connectivity index (χ1v) is 20.7. The molecular weight excluding hydrogens is 677 g/mol. The Morgan fingerprint density at radius 3 is 2.55 bits per heavy atom. The molecule has 0 saturated carbocycles. The van der Waals surface area contributed by atoms with Crippen molar-refractivity contribution in [1.82, 2.24) is 24.7 Å². The van der Waals surface area contributed by atoms with Crippen LogP contribution in [0.3, 0.4) is 0 Å². The number of carbonyl (C=O) groups excluding carboxylic acids is 1. The number of halogens is 1. The molecule has 0 aliphatic heterocycles. The molecule has 0 fully saturated rings. The fourth-order valence-electron chi connectivity index (χ4n) is 5.69. The number of fused-ring (bicyclic) bond motifs is 1. The van der Waals surface area contributed by atoms with E-state index in [1.165, 1.54) is 17.7 Å². The Bertz CT molecular complexity index is 2000. The summed E-state index contributed by atoms with van der Waals surface area (Å²) in [5, 5.41) is 18.7. The van der Waals surface area contributed by atoms with E-state index in [0.29, 0.717) is 39.7 Å². The number of aromatic nitrogens is 5. The number of nitrogens with one attached hydrogen (secondary N) is 1. The van der Waals surface area contributed by atoms with Crippen LogP contribution in [0.5, 0.6) is 5.88 Å². The summed E-state index contributed by atoms with van der Waals surface area (Å²) in [6, 6.07) is 21.0. The molecule has 0 radical (unpaired) electrons. The minimum absolute atomic E-state index is 0.105. The largest absolute Gasteiger partial charge is 0.467 e. The van der Waals surface area contributed by atoms with Crippen molar-refractivity contribution in [3.05, 3.63) is 95.5 Å². The lowest BCUT2D eigenvalue weighted by Crippen LogP contribution is -2.55. The van der Waals surface area contributed by atoms with E-state index >= 15 is 0 Å². The molecule has 11 nitrogen and oxygen atoms in total. The first-order chi connectivity index (χ1) is 23.4. The van der Waals surface area contributed by atoms with Gasteiger partial charge in [0.15, 0.2) is 5.65 Å². The van der Waals surface area contributed by atoms with E-state index in [-0.39, 0.29) is 24.1 Å². The Kier molecular flexibility index (Phi) is 11.2. The number of nitriles is 1. The molecule has 0 saturated heterocycles. The zero-order valence-electron chi connectivity index (χ0n) is 28.1. The van der Waals surface area contributed by atoms with Gasteiger partial charge in [-0.3, -0.25) is 4.79 Å². The second kappa shape index (κ2) is 15.4. The molecule has 3 atom stereocenters. The second-order valence-electron chi connectivity index (χ2n) is 12.4. The Morgan fingerprint density at radius 1 is 1.10 bits per heavy atom. The van der Waals surface area contributed by atoms with Crippen molar-refractivity contribution >= 4 is 60.9 Å². The van der Waals surface area contributed by atoms with Gasteiger partial charge in [-0.25, -0.2) is 19.6 Å². The van der Waals surface area contributed by atoms with Crippen molar-refractivity contribution < 1.29 is 18.7 Å². The van der Waals surface area contributed by atoms with Crippen LogP contribution in [-0.4, -0.2) is 77.5 Å². The van der Waals surface area contributed by atoms with Crippen molar-refractivity contribution in [1.29, 1.82) is 5.26 Å². The van der Waals surface area contributed by atoms with Crippen LogP contribution in [0.2, 0.25) is 10.1 Å². The van der Waals surface area contributed by atoms with Crippen LogP contribution in [0.1, 0.15) is 31.9 Å². The van der Waals surface area contributed by atoms with Crippen molar-refractivity contribution in [3.8, 4) is 17.6 Å². The fourth-order valence-corrected chi connectivity index (χ4v) is 16.2. The summed E-state index contributed by atoms with van der Waals surface area (Å²) in [7, 11) is -3.22. The first-order valence-electron chi connectivity index (χ1n) is 15.5. The Balaban J connectivity index is 1.37. The number of carbonyl (C=O) groups is 1.